The van der Waals surface area contributed by atoms with Crippen LogP contribution in [-0.4, -0.2) is 62.4 Å². The Labute approximate surface area is 249 Å². The number of anilines is 2. The molecule has 2 aliphatic heterocycles. The number of likely N-dealkylation sites (tertiary alicyclic amines) is 1. The van der Waals surface area contributed by atoms with E-state index in [-0.39, 0.29) is 34.7 Å². The van der Waals surface area contributed by atoms with Crippen molar-refractivity contribution in [2.24, 2.45) is 5.41 Å². The van der Waals surface area contributed by atoms with E-state index in [9.17, 15) is 28.0 Å². The van der Waals surface area contributed by atoms with Crippen molar-refractivity contribution in [1.82, 2.24) is 24.3 Å². The number of hydrogen-bond donors (Lipinski definition) is 2. The second-order valence-corrected chi connectivity index (χ2v) is 11.2. The van der Waals surface area contributed by atoms with Gasteiger partial charge in [0, 0.05) is 36.3 Å². The molecule has 0 saturated carbocycles. The van der Waals surface area contributed by atoms with Crippen molar-refractivity contribution in [3.63, 3.8) is 0 Å². The minimum atomic E-state index is -4.58. The highest BCUT2D eigenvalue weighted by atomic mass is 19.4. The molecule has 0 unspecified atom stereocenters. The molecule has 0 aliphatic carbocycles. The van der Waals surface area contributed by atoms with E-state index in [0.717, 1.165) is 31.2 Å². The van der Waals surface area contributed by atoms with E-state index < -0.39 is 23.1 Å². The summed E-state index contributed by atoms with van der Waals surface area (Å²) < 4.78 is 46.2. The Kier molecular flexibility index (Phi) is 7.21. The SMILES string of the molecule is CC1(C(=O)N2CCC[C@@H](c3nc(-c4ccc(C(=O)Nc5cc(C(F)(F)F)ccn5)cc4)c4c(N)ncc(C#N)n34)C2)COC1. The number of amides is 2. The number of ether oxygens (including phenoxy) is 1. The summed E-state index contributed by atoms with van der Waals surface area (Å²) in [5, 5.41) is 12.3. The predicted molar refractivity (Wildman–Crippen MR) is 152 cm³/mol. The van der Waals surface area contributed by atoms with Crippen molar-refractivity contribution in [3.05, 3.63) is 71.4 Å². The quantitative estimate of drug-likeness (QED) is 0.343. The number of carbonyl (C=O) groups excluding carboxylic acids is 2. The van der Waals surface area contributed by atoms with Gasteiger partial charge in [0.15, 0.2) is 0 Å². The van der Waals surface area contributed by atoms with Crippen molar-refractivity contribution < 1.29 is 27.5 Å². The number of pyridine rings is 1. The van der Waals surface area contributed by atoms with Gasteiger partial charge in [-0.3, -0.25) is 14.0 Å². The summed E-state index contributed by atoms with van der Waals surface area (Å²) in [6.45, 7) is 3.70. The van der Waals surface area contributed by atoms with Gasteiger partial charge in [-0.05, 0) is 44.0 Å². The number of imidazole rings is 1. The summed E-state index contributed by atoms with van der Waals surface area (Å²) >= 11 is 0. The van der Waals surface area contributed by atoms with Crippen LogP contribution in [0.15, 0.2) is 48.8 Å². The van der Waals surface area contributed by atoms with Crippen LogP contribution in [-0.2, 0) is 15.7 Å². The average Bonchev–Trinajstić information content (AvgIpc) is 3.41. The summed E-state index contributed by atoms with van der Waals surface area (Å²) in [5.74, 6) is -0.309. The second kappa shape index (κ2) is 10.9. The van der Waals surface area contributed by atoms with Crippen molar-refractivity contribution in [3.8, 4) is 17.3 Å². The summed E-state index contributed by atoms with van der Waals surface area (Å²) in [5.41, 5.74) is 6.69. The van der Waals surface area contributed by atoms with Crippen LogP contribution in [0, 0.1) is 16.7 Å². The molecule has 3 aromatic heterocycles. The summed E-state index contributed by atoms with van der Waals surface area (Å²) in [7, 11) is 0. The largest absolute Gasteiger partial charge is 0.416 e. The number of halogens is 3. The first-order valence-corrected chi connectivity index (χ1v) is 13.9. The van der Waals surface area contributed by atoms with Gasteiger partial charge < -0.3 is 20.7 Å². The number of carbonyl (C=O) groups is 2. The average molecular weight is 605 g/mol. The third kappa shape index (κ3) is 5.19. The van der Waals surface area contributed by atoms with Gasteiger partial charge in [0.1, 0.15) is 40.4 Å². The first-order chi connectivity index (χ1) is 21.0. The summed E-state index contributed by atoms with van der Waals surface area (Å²) in [4.78, 5) is 40.8. The van der Waals surface area contributed by atoms with E-state index in [0.29, 0.717) is 48.9 Å². The number of fused-ring (bicyclic) bond motifs is 1. The fraction of sp³-hybridized carbons (Fsp3) is 0.333. The molecule has 1 atom stereocenters. The van der Waals surface area contributed by atoms with Gasteiger partial charge in [0.25, 0.3) is 5.91 Å². The molecule has 6 rings (SSSR count). The van der Waals surface area contributed by atoms with Gasteiger partial charge in [-0.25, -0.2) is 15.0 Å². The van der Waals surface area contributed by atoms with Gasteiger partial charge in [0.05, 0.1) is 30.4 Å². The number of aromatic nitrogens is 4. The molecule has 2 saturated heterocycles. The highest BCUT2D eigenvalue weighted by molar-refractivity contribution is 6.04. The first-order valence-electron chi connectivity index (χ1n) is 13.9. The lowest BCUT2D eigenvalue weighted by Gasteiger charge is -2.42. The zero-order chi connectivity index (χ0) is 31.2. The Bertz CT molecular complexity index is 1810. The topological polar surface area (TPSA) is 152 Å². The number of nitrogen functional groups attached to an aromatic ring is 1. The lowest BCUT2D eigenvalue weighted by molar-refractivity contribution is -0.170. The smallest absolute Gasteiger partial charge is 0.382 e. The molecular formula is C30H27F3N8O3. The number of nitrogens with one attached hydrogen (secondary N) is 1. The second-order valence-electron chi connectivity index (χ2n) is 11.2. The number of hydrogen-bond acceptors (Lipinski definition) is 8. The molecule has 3 N–H and O–H groups in total. The lowest BCUT2D eigenvalue weighted by atomic mass is 9.85. The highest BCUT2D eigenvalue weighted by Gasteiger charge is 2.45. The Morgan fingerprint density at radius 2 is 1.93 bits per heavy atom. The van der Waals surface area contributed by atoms with E-state index in [1.54, 1.807) is 16.5 Å². The molecule has 11 nitrogen and oxygen atoms in total. The Morgan fingerprint density at radius 1 is 1.18 bits per heavy atom. The molecule has 0 bridgehead atoms. The number of alkyl halides is 3. The van der Waals surface area contributed by atoms with Gasteiger partial charge in [0.2, 0.25) is 5.91 Å². The number of nitriles is 1. The van der Waals surface area contributed by atoms with E-state index in [4.69, 9.17) is 15.5 Å². The van der Waals surface area contributed by atoms with Crippen molar-refractivity contribution in [2.75, 3.05) is 37.4 Å². The van der Waals surface area contributed by atoms with E-state index >= 15 is 0 Å². The molecule has 0 radical (unpaired) electrons. The van der Waals surface area contributed by atoms with Crippen LogP contribution in [0.25, 0.3) is 16.8 Å². The number of nitrogens with zero attached hydrogens (tertiary/aromatic N) is 6. The Balaban J connectivity index is 1.31. The maximum Gasteiger partial charge on any atom is 0.416 e. The van der Waals surface area contributed by atoms with Crippen LogP contribution in [0.1, 0.15) is 53.1 Å². The zero-order valence-electron chi connectivity index (χ0n) is 23.6. The number of piperidine rings is 1. The predicted octanol–water partition coefficient (Wildman–Crippen LogP) is 4.26. The van der Waals surface area contributed by atoms with Crippen LogP contribution in [0.3, 0.4) is 0 Å². The maximum absolute atomic E-state index is 13.3. The minimum absolute atomic E-state index is 0.0328. The lowest BCUT2D eigenvalue weighted by Crippen LogP contribution is -2.55. The molecule has 44 heavy (non-hydrogen) atoms. The molecule has 14 heteroatoms. The molecule has 4 aromatic rings. The molecule has 226 valence electrons. The minimum Gasteiger partial charge on any atom is -0.382 e. The fourth-order valence-electron chi connectivity index (χ4n) is 5.65. The number of benzene rings is 1. The first kappa shape index (κ1) is 29.1. The summed E-state index contributed by atoms with van der Waals surface area (Å²) in [6.07, 6.45) is -0.727. The van der Waals surface area contributed by atoms with Gasteiger partial charge in [-0.2, -0.15) is 18.4 Å². The Morgan fingerprint density at radius 3 is 2.59 bits per heavy atom. The van der Waals surface area contributed by atoms with Gasteiger partial charge in [-0.15, -0.1) is 0 Å². The molecule has 2 amide bonds. The molecule has 1 aromatic carbocycles. The monoisotopic (exact) mass is 604 g/mol. The van der Waals surface area contributed by atoms with Crippen molar-refractivity contribution in [2.45, 2.75) is 31.9 Å². The van der Waals surface area contributed by atoms with Gasteiger partial charge in [-0.1, -0.05) is 12.1 Å². The van der Waals surface area contributed by atoms with Crippen molar-refractivity contribution >= 4 is 29.0 Å². The number of rotatable bonds is 5. The van der Waals surface area contributed by atoms with Crippen LogP contribution in [0.2, 0.25) is 0 Å². The Hall–Kier alpha value is -5.03. The third-order valence-electron chi connectivity index (χ3n) is 8.01. The van der Waals surface area contributed by atoms with Crippen LogP contribution in [0.5, 0.6) is 0 Å². The van der Waals surface area contributed by atoms with Gasteiger partial charge >= 0.3 is 6.18 Å². The molecule has 0 spiro atoms. The van der Waals surface area contributed by atoms with Crippen molar-refractivity contribution in [1.29, 1.82) is 5.26 Å². The van der Waals surface area contributed by atoms with E-state index in [1.165, 1.54) is 18.3 Å². The third-order valence-corrected chi connectivity index (χ3v) is 8.01. The van der Waals surface area contributed by atoms with Crippen LogP contribution < -0.4 is 11.1 Å². The maximum atomic E-state index is 13.3. The van der Waals surface area contributed by atoms with E-state index in [1.807, 2.05) is 11.8 Å². The van der Waals surface area contributed by atoms with Crippen LogP contribution in [0.4, 0.5) is 24.8 Å². The summed E-state index contributed by atoms with van der Waals surface area (Å²) in [6, 6.07) is 10.0. The molecule has 5 heterocycles. The van der Waals surface area contributed by atoms with E-state index in [2.05, 4.69) is 21.4 Å². The van der Waals surface area contributed by atoms with Crippen LogP contribution >= 0.6 is 0 Å². The highest BCUT2D eigenvalue weighted by Crippen LogP contribution is 2.37. The molecular weight excluding hydrogens is 577 g/mol. The number of nitrogens with two attached hydrogens (primary N) is 1. The fourth-order valence-corrected chi connectivity index (χ4v) is 5.65. The molecule has 2 fully saturated rings. The normalized spacial score (nSPS) is 18.0. The standard InChI is InChI=1S/C30H27F3N8O3/c1-29(15-44-16-29)28(43)40-10-2-3-19(14-40)26-39-23(24-25(35)37-13-21(12-34)41(24)26)17-4-6-18(7-5-17)27(42)38-22-11-20(8-9-36-22)30(31,32)33/h4-9,11,13,19H,2-3,10,14-16H2,1H3,(H2,35,37)(H,36,38,42)/t19-/m1/s1. The zero-order valence-corrected chi connectivity index (χ0v) is 23.6. The molecule has 2 aliphatic rings.